The van der Waals surface area contributed by atoms with Gasteiger partial charge in [-0.1, -0.05) is 11.6 Å². The molecule has 0 radical (unpaired) electrons. The number of aliphatic carboxylic acids is 1. The van der Waals surface area contributed by atoms with Gasteiger partial charge in [-0.3, -0.25) is 14.4 Å². The van der Waals surface area contributed by atoms with Crippen molar-refractivity contribution in [2.45, 2.75) is 19.0 Å². The zero-order valence-electron chi connectivity index (χ0n) is 31.9. The first-order valence-corrected chi connectivity index (χ1v) is 19.3. The van der Waals surface area contributed by atoms with E-state index >= 15 is 0 Å². The van der Waals surface area contributed by atoms with Gasteiger partial charge < -0.3 is 44.7 Å². The van der Waals surface area contributed by atoms with E-state index in [0.717, 1.165) is 30.5 Å². The van der Waals surface area contributed by atoms with E-state index in [-0.39, 0.29) is 57.6 Å². The minimum absolute atomic E-state index is 0.00177. The number of carbonyl (C=O) groups is 4. The van der Waals surface area contributed by atoms with Gasteiger partial charge in [-0.15, -0.1) is 0 Å². The summed E-state index contributed by atoms with van der Waals surface area (Å²) in [6.07, 6.45) is 0.189. The van der Waals surface area contributed by atoms with Crippen molar-refractivity contribution < 1.29 is 41.9 Å². The zero-order chi connectivity index (χ0) is 41.4. The number of amides is 3. The Morgan fingerprint density at radius 1 is 1.02 bits per heavy atom. The van der Waals surface area contributed by atoms with E-state index < -0.39 is 23.7 Å². The summed E-state index contributed by atoms with van der Waals surface area (Å²) in [6.45, 7) is 4.96. The summed E-state index contributed by atoms with van der Waals surface area (Å²) in [6, 6.07) is 7.41. The summed E-state index contributed by atoms with van der Waals surface area (Å²) < 4.78 is 45.3. The first-order chi connectivity index (χ1) is 27.6. The van der Waals surface area contributed by atoms with Crippen molar-refractivity contribution >= 4 is 46.8 Å². The Bertz CT molecular complexity index is 2210. The smallest absolute Gasteiger partial charge is 0.435 e. The van der Waals surface area contributed by atoms with Gasteiger partial charge in [0.05, 0.1) is 59.3 Å². The predicted molar refractivity (Wildman–Crippen MR) is 204 cm³/mol. The SMILES string of the molecule is CNc1cc(-n2cc(-c3cnc(C(=O)Nc4ccc(C(=O)N5CCN(C(=O)C6CC[N+](CC(=O)[O-])(CC7CNC7)CC6)CC5)c(Cl)c4)n3C)c(C(F)(F)F)n2)ccn1. The normalized spacial score (nSPS) is 20.1. The quantitative estimate of drug-likeness (QED) is 0.190. The number of carboxylic acid groups (broad SMARTS) is 1. The van der Waals surface area contributed by atoms with E-state index in [2.05, 4.69) is 31.0 Å². The number of alkyl halides is 3. The molecule has 0 saturated carbocycles. The van der Waals surface area contributed by atoms with Gasteiger partial charge in [0, 0.05) is 102 Å². The second-order valence-electron chi connectivity index (χ2n) is 15.1. The molecule has 20 heteroatoms. The largest absolute Gasteiger partial charge is 0.544 e. The number of nitrogens with one attached hydrogen (secondary N) is 3. The molecule has 3 fully saturated rings. The van der Waals surface area contributed by atoms with Crippen molar-refractivity contribution in [3.05, 3.63) is 71.0 Å². The van der Waals surface area contributed by atoms with Gasteiger partial charge in [-0.05, 0) is 24.3 Å². The molecular weight excluding hydrogens is 783 g/mol. The van der Waals surface area contributed by atoms with Gasteiger partial charge in [0.15, 0.2) is 11.5 Å². The molecule has 0 bridgehead atoms. The molecule has 1 aromatic carbocycles. The van der Waals surface area contributed by atoms with Gasteiger partial charge in [0.1, 0.15) is 12.4 Å². The number of benzene rings is 1. The number of piperazine rings is 1. The van der Waals surface area contributed by atoms with Crippen molar-refractivity contribution in [1.29, 1.82) is 0 Å². The van der Waals surface area contributed by atoms with Gasteiger partial charge >= 0.3 is 6.18 Å². The van der Waals surface area contributed by atoms with Crippen molar-refractivity contribution in [2.75, 3.05) is 83.1 Å². The standard InChI is InChI=1S/C38H43ClF3N11O5/c1-43-31-16-26(5-8-45-31)52-20-28(33(48-52)38(40,41)42)30-19-46-34(49(30)2)35(56)47-25-3-4-27(29(39)15-25)37(58)51-11-9-50(10-12-51)36(57)24-6-13-53(14-7-24,22-32(54)55)21-23-17-44-18-23/h3-5,8,15-16,19-20,23-24,44H,6-7,9-14,17-18,21-22H2,1-2H3,(H2-,43,45,47,54,55,56,58). The van der Waals surface area contributed by atoms with E-state index in [9.17, 15) is 37.5 Å². The highest BCUT2D eigenvalue weighted by Gasteiger charge is 2.42. The maximum atomic E-state index is 14.2. The van der Waals surface area contributed by atoms with Crippen LogP contribution in [0.4, 0.5) is 24.7 Å². The number of carboxylic acids is 1. The number of carbonyl (C=O) groups excluding carboxylic acids is 4. The highest BCUT2D eigenvalue weighted by molar-refractivity contribution is 6.34. The number of nitrogens with zero attached hydrogens (tertiary/aromatic N) is 8. The van der Waals surface area contributed by atoms with Crippen LogP contribution in [0.25, 0.3) is 16.9 Å². The summed E-state index contributed by atoms with van der Waals surface area (Å²) in [5.74, 6) is -1.65. The summed E-state index contributed by atoms with van der Waals surface area (Å²) >= 11 is 6.55. The van der Waals surface area contributed by atoms with Crippen LogP contribution in [-0.2, 0) is 22.8 Å². The van der Waals surface area contributed by atoms with Gasteiger partial charge in [0.25, 0.3) is 11.8 Å². The van der Waals surface area contributed by atoms with Crippen molar-refractivity contribution in [2.24, 2.45) is 18.9 Å². The van der Waals surface area contributed by atoms with E-state index in [1.54, 1.807) is 16.8 Å². The molecule has 3 aliphatic rings. The van der Waals surface area contributed by atoms with Crippen LogP contribution in [0.5, 0.6) is 0 Å². The van der Waals surface area contributed by atoms with E-state index in [1.807, 2.05) is 0 Å². The Balaban J connectivity index is 0.959. The summed E-state index contributed by atoms with van der Waals surface area (Å²) in [7, 11) is 3.04. The molecule has 7 rings (SSSR count). The molecule has 6 heterocycles. The number of rotatable bonds is 11. The molecule has 0 spiro atoms. The topological polar surface area (TPSA) is 182 Å². The summed E-state index contributed by atoms with van der Waals surface area (Å²) in [5.41, 5.74) is -0.693. The average Bonchev–Trinajstić information content (AvgIpc) is 3.80. The highest BCUT2D eigenvalue weighted by atomic mass is 35.5. The number of hydrogen-bond donors (Lipinski definition) is 3. The van der Waals surface area contributed by atoms with Crippen LogP contribution in [0.1, 0.15) is 39.5 Å². The molecule has 3 aromatic heterocycles. The number of piperidine rings is 1. The van der Waals surface area contributed by atoms with Crippen molar-refractivity contribution in [3.8, 4) is 16.9 Å². The monoisotopic (exact) mass is 825 g/mol. The first kappa shape index (κ1) is 40.7. The molecule has 3 saturated heterocycles. The molecule has 3 amide bonds. The zero-order valence-corrected chi connectivity index (χ0v) is 32.6. The fourth-order valence-corrected chi connectivity index (χ4v) is 8.31. The lowest BCUT2D eigenvalue weighted by atomic mass is 9.90. The van der Waals surface area contributed by atoms with Gasteiger partial charge in [0.2, 0.25) is 5.91 Å². The van der Waals surface area contributed by atoms with Crippen LogP contribution < -0.4 is 21.1 Å². The van der Waals surface area contributed by atoms with E-state index in [4.69, 9.17) is 11.6 Å². The Morgan fingerprint density at radius 2 is 1.72 bits per heavy atom. The minimum atomic E-state index is -4.81. The lowest BCUT2D eigenvalue weighted by Crippen LogP contribution is -2.63. The van der Waals surface area contributed by atoms with E-state index in [1.165, 1.54) is 54.3 Å². The maximum Gasteiger partial charge on any atom is 0.435 e. The number of likely N-dealkylation sites (tertiary alicyclic amines) is 1. The third-order valence-electron chi connectivity index (χ3n) is 11.3. The predicted octanol–water partition coefficient (Wildman–Crippen LogP) is 2.11. The third kappa shape index (κ3) is 8.51. The molecule has 3 N–H and O–H groups in total. The third-order valence-corrected chi connectivity index (χ3v) is 11.6. The van der Waals surface area contributed by atoms with Crippen LogP contribution in [0.3, 0.4) is 0 Å². The number of anilines is 2. The molecule has 16 nitrogen and oxygen atoms in total. The van der Waals surface area contributed by atoms with Crippen LogP contribution >= 0.6 is 11.6 Å². The Kier molecular flexibility index (Phi) is 11.5. The molecule has 58 heavy (non-hydrogen) atoms. The number of halogens is 4. The molecule has 308 valence electrons. The fraction of sp³-hybridized carbons (Fsp3) is 0.447. The molecule has 3 aliphatic heterocycles. The number of quaternary nitrogens is 1. The molecular formula is C38H43ClF3N11O5. The number of aromatic nitrogens is 5. The molecule has 0 aliphatic carbocycles. The van der Waals surface area contributed by atoms with Gasteiger partial charge in [-0.25, -0.2) is 14.6 Å². The Morgan fingerprint density at radius 3 is 2.34 bits per heavy atom. The first-order valence-electron chi connectivity index (χ1n) is 18.9. The summed E-state index contributed by atoms with van der Waals surface area (Å²) in [4.78, 5) is 63.5. The second-order valence-corrected chi connectivity index (χ2v) is 15.5. The lowest BCUT2D eigenvalue weighted by Gasteiger charge is -2.47. The minimum Gasteiger partial charge on any atom is -0.544 e. The van der Waals surface area contributed by atoms with Crippen LogP contribution in [0, 0.1) is 11.8 Å². The van der Waals surface area contributed by atoms with Crippen molar-refractivity contribution in [3.63, 3.8) is 0 Å². The maximum absolute atomic E-state index is 14.2. The molecule has 0 atom stereocenters. The highest BCUT2D eigenvalue weighted by Crippen LogP contribution is 2.37. The van der Waals surface area contributed by atoms with Crippen molar-refractivity contribution in [1.82, 2.24) is 39.4 Å². The Hall–Kier alpha value is -5.53. The molecule has 0 unspecified atom stereocenters. The second kappa shape index (κ2) is 16.4. The molecule has 4 aromatic rings. The summed E-state index contributed by atoms with van der Waals surface area (Å²) in [5, 5.41) is 24.1. The fourth-order valence-electron chi connectivity index (χ4n) is 8.05. The Labute approximate surface area is 336 Å². The van der Waals surface area contributed by atoms with Crippen LogP contribution in [0.2, 0.25) is 5.02 Å². The lowest BCUT2D eigenvalue weighted by molar-refractivity contribution is -0.931. The van der Waals surface area contributed by atoms with Crippen LogP contribution in [-0.4, -0.2) is 135 Å². The number of imidazole rings is 1. The number of hydrogen-bond acceptors (Lipinski definition) is 10. The van der Waals surface area contributed by atoms with Crippen LogP contribution in [0.15, 0.2) is 48.9 Å². The van der Waals surface area contributed by atoms with Gasteiger partial charge in [-0.2, -0.15) is 18.3 Å². The number of pyridine rings is 1. The average molecular weight is 826 g/mol. The van der Waals surface area contributed by atoms with E-state index in [0.29, 0.717) is 74.0 Å².